The molecule has 0 spiro atoms. The first kappa shape index (κ1) is 29.6. The van der Waals surface area contributed by atoms with Crippen LogP contribution in [0.25, 0.3) is 0 Å². The van der Waals surface area contributed by atoms with Crippen molar-refractivity contribution in [1.29, 1.82) is 0 Å². The fraction of sp³-hybridized carbons (Fsp3) is 0.567. The van der Waals surface area contributed by atoms with Crippen LogP contribution in [0.2, 0.25) is 0 Å². The van der Waals surface area contributed by atoms with Crippen LogP contribution in [0.1, 0.15) is 57.7 Å². The lowest BCUT2D eigenvalue weighted by molar-refractivity contribution is -0.271. The number of hydrogen-bond donors (Lipinski definition) is 1. The number of ether oxygens (including phenoxy) is 6. The fourth-order valence-electron chi connectivity index (χ4n) is 4.40. The van der Waals surface area contributed by atoms with Gasteiger partial charge in [0.15, 0.2) is 17.3 Å². The maximum absolute atomic E-state index is 12.6. The Labute approximate surface area is 226 Å². The van der Waals surface area contributed by atoms with Gasteiger partial charge in [-0.2, -0.15) is 0 Å². The summed E-state index contributed by atoms with van der Waals surface area (Å²) in [6, 6.07) is 12.5. The molecule has 0 bridgehead atoms. The largest absolute Gasteiger partial charge is 0.493 e. The van der Waals surface area contributed by atoms with Crippen molar-refractivity contribution in [2.45, 2.75) is 77.2 Å². The van der Waals surface area contributed by atoms with Crippen molar-refractivity contribution in [1.82, 2.24) is 5.32 Å². The van der Waals surface area contributed by atoms with Gasteiger partial charge in [0, 0.05) is 0 Å². The van der Waals surface area contributed by atoms with E-state index < -0.39 is 23.0 Å². The average molecular weight is 530 g/mol. The van der Waals surface area contributed by atoms with E-state index in [-0.39, 0.29) is 0 Å². The van der Waals surface area contributed by atoms with Crippen LogP contribution in [0, 0.1) is 0 Å². The minimum Gasteiger partial charge on any atom is -0.493 e. The second kappa shape index (κ2) is 12.3. The van der Waals surface area contributed by atoms with Gasteiger partial charge in [0.25, 0.3) is 0 Å². The molecule has 1 saturated heterocycles. The van der Waals surface area contributed by atoms with Crippen LogP contribution in [0.3, 0.4) is 0 Å². The molecule has 0 radical (unpaired) electrons. The number of alkyl carbamates (subject to hydrolysis) is 1. The van der Waals surface area contributed by atoms with Gasteiger partial charge in [0.1, 0.15) is 5.60 Å². The molecule has 1 aliphatic rings. The van der Waals surface area contributed by atoms with Crippen LogP contribution in [0.15, 0.2) is 36.4 Å². The summed E-state index contributed by atoms with van der Waals surface area (Å²) in [5.41, 5.74) is 2.24. The maximum Gasteiger partial charge on any atom is 0.408 e. The van der Waals surface area contributed by atoms with Crippen LogP contribution in [-0.4, -0.2) is 57.6 Å². The topological polar surface area (TPSA) is 84.5 Å². The molecule has 3 rings (SSSR count). The Morgan fingerprint density at radius 1 is 0.868 bits per heavy atom. The Hall–Kier alpha value is -2.97. The van der Waals surface area contributed by atoms with Crippen molar-refractivity contribution in [3.8, 4) is 17.2 Å². The van der Waals surface area contributed by atoms with Gasteiger partial charge in [-0.1, -0.05) is 24.3 Å². The molecule has 8 heteroatoms. The van der Waals surface area contributed by atoms with Crippen LogP contribution < -0.4 is 19.5 Å². The number of nitrogens with one attached hydrogen (secondary N) is 1. The molecule has 1 N–H and O–H groups in total. The first-order chi connectivity index (χ1) is 17.9. The Kier molecular flexibility index (Phi) is 9.54. The number of hydrogen-bond acceptors (Lipinski definition) is 7. The Bertz CT molecular complexity index is 1060. The molecule has 210 valence electrons. The number of amides is 1. The van der Waals surface area contributed by atoms with Crippen LogP contribution in [0.4, 0.5) is 4.79 Å². The number of carbonyl (C=O) groups is 1. The van der Waals surface area contributed by atoms with Gasteiger partial charge in [-0.25, -0.2) is 4.79 Å². The van der Waals surface area contributed by atoms with E-state index >= 15 is 0 Å². The highest BCUT2D eigenvalue weighted by Gasteiger charge is 2.42. The predicted octanol–water partition coefficient (Wildman–Crippen LogP) is 5.48. The SMILES string of the molecule is COc1cc(CCc2cccc(CCC3(NC(=O)OC(C)(C)C)COC(C)(C)OC3)c2)cc(OC)c1OC. The number of benzene rings is 2. The second-order valence-corrected chi connectivity index (χ2v) is 11.2. The fourth-order valence-corrected chi connectivity index (χ4v) is 4.40. The van der Waals surface area contributed by atoms with Gasteiger partial charge >= 0.3 is 6.09 Å². The monoisotopic (exact) mass is 529 g/mol. The van der Waals surface area contributed by atoms with Crippen molar-refractivity contribution in [2.75, 3.05) is 34.5 Å². The Balaban J connectivity index is 1.68. The predicted molar refractivity (Wildman–Crippen MR) is 146 cm³/mol. The molecule has 0 saturated carbocycles. The summed E-state index contributed by atoms with van der Waals surface area (Å²) in [5, 5.41) is 3.04. The minimum atomic E-state index is -0.689. The van der Waals surface area contributed by atoms with Crippen molar-refractivity contribution in [2.24, 2.45) is 0 Å². The smallest absolute Gasteiger partial charge is 0.408 e. The van der Waals surface area contributed by atoms with Crippen molar-refractivity contribution in [3.63, 3.8) is 0 Å². The number of aryl methyl sites for hydroxylation is 3. The molecule has 2 aromatic rings. The van der Waals surface area contributed by atoms with Crippen molar-refractivity contribution < 1.29 is 33.2 Å². The first-order valence-corrected chi connectivity index (χ1v) is 13.0. The summed E-state index contributed by atoms with van der Waals surface area (Å²) in [5.74, 6) is 1.21. The zero-order chi connectivity index (χ0) is 28.0. The lowest BCUT2D eigenvalue weighted by atomic mass is 9.91. The molecule has 2 aromatic carbocycles. The summed E-state index contributed by atoms with van der Waals surface area (Å²) < 4.78 is 33.8. The number of carbonyl (C=O) groups excluding carboxylic acids is 1. The molecule has 1 amide bonds. The van der Waals surface area contributed by atoms with E-state index in [1.165, 1.54) is 11.1 Å². The summed E-state index contributed by atoms with van der Waals surface area (Å²) >= 11 is 0. The number of rotatable bonds is 10. The zero-order valence-electron chi connectivity index (χ0n) is 24.1. The molecule has 0 unspecified atom stereocenters. The van der Waals surface area contributed by atoms with Crippen LogP contribution in [0.5, 0.6) is 17.2 Å². The Morgan fingerprint density at radius 2 is 1.42 bits per heavy atom. The highest BCUT2D eigenvalue weighted by molar-refractivity contribution is 5.69. The highest BCUT2D eigenvalue weighted by Crippen LogP contribution is 2.38. The molecule has 0 aromatic heterocycles. The van der Waals surface area contributed by atoms with E-state index in [1.807, 2.05) is 46.8 Å². The van der Waals surface area contributed by atoms with E-state index in [0.29, 0.717) is 36.9 Å². The maximum atomic E-state index is 12.6. The van der Waals surface area contributed by atoms with Crippen molar-refractivity contribution >= 4 is 6.09 Å². The van der Waals surface area contributed by atoms with Gasteiger partial charge in [-0.15, -0.1) is 0 Å². The van der Waals surface area contributed by atoms with E-state index in [0.717, 1.165) is 24.8 Å². The molecular weight excluding hydrogens is 486 g/mol. The van der Waals surface area contributed by atoms with Gasteiger partial charge in [-0.05, 0) is 89.1 Å². The van der Waals surface area contributed by atoms with Crippen molar-refractivity contribution in [3.05, 3.63) is 53.1 Å². The highest BCUT2D eigenvalue weighted by atomic mass is 16.7. The molecule has 1 aliphatic heterocycles. The summed E-state index contributed by atoms with van der Waals surface area (Å²) in [6.45, 7) is 9.99. The molecule has 0 atom stereocenters. The van der Waals surface area contributed by atoms with E-state index in [9.17, 15) is 4.79 Å². The van der Waals surface area contributed by atoms with Crippen LogP contribution >= 0.6 is 0 Å². The third-order valence-corrected chi connectivity index (χ3v) is 6.47. The average Bonchev–Trinajstić information content (AvgIpc) is 2.86. The summed E-state index contributed by atoms with van der Waals surface area (Å²) in [6.07, 6.45) is 2.61. The standard InChI is InChI=1S/C30H43NO7/c1-28(2,3)38-27(32)31-30(19-36-29(4,5)37-20-30)15-14-22-11-9-10-21(16-22)12-13-23-17-24(33-6)26(35-8)25(18-23)34-7/h9-11,16-18H,12-15,19-20H2,1-8H3,(H,31,32). The molecule has 0 aliphatic carbocycles. The van der Waals surface area contributed by atoms with Gasteiger partial charge in [0.05, 0.1) is 40.1 Å². The zero-order valence-corrected chi connectivity index (χ0v) is 24.1. The molecule has 8 nitrogen and oxygen atoms in total. The molecule has 38 heavy (non-hydrogen) atoms. The lowest BCUT2D eigenvalue weighted by Gasteiger charge is -2.44. The third-order valence-electron chi connectivity index (χ3n) is 6.47. The molecular formula is C30H43NO7. The summed E-state index contributed by atoms with van der Waals surface area (Å²) in [4.78, 5) is 12.6. The summed E-state index contributed by atoms with van der Waals surface area (Å²) in [7, 11) is 4.85. The van der Waals surface area contributed by atoms with E-state index in [1.54, 1.807) is 21.3 Å². The quantitative estimate of drug-likeness (QED) is 0.436. The van der Waals surface area contributed by atoms with Gasteiger partial charge in [-0.3, -0.25) is 0 Å². The van der Waals surface area contributed by atoms with E-state index in [2.05, 4.69) is 29.6 Å². The minimum absolute atomic E-state index is 0.347. The normalized spacial score (nSPS) is 16.4. The Morgan fingerprint density at radius 3 is 1.95 bits per heavy atom. The van der Waals surface area contributed by atoms with Crippen LogP contribution in [-0.2, 0) is 33.5 Å². The molecule has 1 fully saturated rings. The first-order valence-electron chi connectivity index (χ1n) is 13.0. The lowest BCUT2D eigenvalue weighted by Crippen LogP contribution is -2.61. The van der Waals surface area contributed by atoms with Gasteiger partial charge in [0.2, 0.25) is 5.75 Å². The number of methoxy groups -OCH3 is 3. The third kappa shape index (κ3) is 8.27. The van der Waals surface area contributed by atoms with Gasteiger partial charge < -0.3 is 33.7 Å². The molecule has 1 heterocycles. The van der Waals surface area contributed by atoms with E-state index in [4.69, 9.17) is 28.4 Å². The second-order valence-electron chi connectivity index (χ2n) is 11.2.